The fourth-order valence-corrected chi connectivity index (χ4v) is 2.30. The molecule has 2 rings (SSSR count). The number of halogens is 1. The predicted octanol–water partition coefficient (Wildman–Crippen LogP) is 3.66. The van der Waals surface area contributed by atoms with Crippen molar-refractivity contribution in [3.63, 3.8) is 0 Å². The van der Waals surface area contributed by atoms with Crippen molar-refractivity contribution < 1.29 is 19.2 Å². The number of nitro groups is 1. The molecule has 2 aromatic carbocycles. The van der Waals surface area contributed by atoms with Gasteiger partial charge in [-0.15, -0.1) is 0 Å². The summed E-state index contributed by atoms with van der Waals surface area (Å²) in [5.41, 5.74) is 1.38. The Balaban J connectivity index is 2.00. The lowest BCUT2D eigenvalue weighted by Gasteiger charge is -2.09. The lowest BCUT2D eigenvalue weighted by molar-refractivity contribution is -0.385. The van der Waals surface area contributed by atoms with E-state index in [2.05, 4.69) is 5.32 Å². The summed E-state index contributed by atoms with van der Waals surface area (Å²) in [4.78, 5) is 34.2. The number of hydrogen-bond donors (Lipinski definition) is 1. The number of nitro benzene ring substituents is 1. The van der Waals surface area contributed by atoms with Crippen LogP contribution in [0.5, 0.6) is 0 Å². The normalized spacial score (nSPS) is 10.2. The first-order valence-corrected chi connectivity index (χ1v) is 7.64. The highest BCUT2D eigenvalue weighted by atomic mass is 35.5. The fraction of sp³-hybridized carbons (Fsp3) is 0.176. The summed E-state index contributed by atoms with van der Waals surface area (Å²) in [5, 5.41) is 13.9. The van der Waals surface area contributed by atoms with E-state index in [0.717, 1.165) is 5.56 Å². The van der Waals surface area contributed by atoms with Crippen molar-refractivity contribution in [2.45, 2.75) is 13.8 Å². The van der Waals surface area contributed by atoms with Crippen LogP contribution in [0.25, 0.3) is 0 Å². The van der Waals surface area contributed by atoms with Gasteiger partial charge in [-0.3, -0.25) is 14.9 Å². The fourth-order valence-electron chi connectivity index (χ4n) is 2.12. The van der Waals surface area contributed by atoms with E-state index >= 15 is 0 Å². The van der Waals surface area contributed by atoms with Crippen molar-refractivity contribution in [2.75, 3.05) is 11.9 Å². The molecule has 0 aromatic heterocycles. The largest absolute Gasteiger partial charge is 0.452 e. The van der Waals surface area contributed by atoms with Crippen LogP contribution in [0.2, 0.25) is 5.02 Å². The van der Waals surface area contributed by atoms with Crippen LogP contribution in [0.15, 0.2) is 36.4 Å². The first-order chi connectivity index (χ1) is 11.8. The molecule has 0 saturated heterocycles. The van der Waals surface area contributed by atoms with Crippen molar-refractivity contribution in [1.29, 1.82) is 0 Å². The van der Waals surface area contributed by atoms with Gasteiger partial charge in [0.15, 0.2) is 6.61 Å². The molecule has 1 N–H and O–H groups in total. The Morgan fingerprint density at radius 2 is 1.96 bits per heavy atom. The molecule has 1 amide bonds. The van der Waals surface area contributed by atoms with Crippen LogP contribution in [-0.2, 0) is 9.53 Å². The number of nitrogens with zero attached hydrogens (tertiary/aromatic N) is 1. The van der Waals surface area contributed by atoms with Crippen LogP contribution in [0, 0.1) is 24.0 Å². The van der Waals surface area contributed by atoms with Crippen molar-refractivity contribution in [1.82, 2.24) is 0 Å². The average Bonchev–Trinajstić information content (AvgIpc) is 2.56. The lowest BCUT2D eigenvalue weighted by Crippen LogP contribution is -2.21. The number of nitrogens with one attached hydrogen (secondary N) is 1. The summed E-state index contributed by atoms with van der Waals surface area (Å²) >= 11 is 5.97. The molecule has 0 aliphatic rings. The Kier molecular flexibility index (Phi) is 5.71. The van der Waals surface area contributed by atoms with Gasteiger partial charge in [-0.1, -0.05) is 23.7 Å². The highest BCUT2D eigenvalue weighted by Gasteiger charge is 2.19. The van der Waals surface area contributed by atoms with Gasteiger partial charge in [0.25, 0.3) is 11.6 Å². The molecule has 0 aliphatic carbocycles. The maximum absolute atomic E-state index is 12.1. The molecule has 8 heteroatoms. The molecule has 0 aliphatic heterocycles. The highest BCUT2D eigenvalue weighted by Crippen LogP contribution is 2.22. The van der Waals surface area contributed by atoms with Crippen LogP contribution in [0.1, 0.15) is 21.5 Å². The summed E-state index contributed by atoms with van der Waals surface area (Å²) < 4.78 is 4.93. The quantitative estimate of drug-likeness (QED) is 0.497. The molecule has 0 spiro atoms. The molecule has 130 valence electrons. The van der Waals surface area contributed by atoms with Gasteiger partial charge >= 0.3 is 5.97 Å². The molecule has 2 aromatic rings. The SMILES string of the molecule is Cc1ccc(NC(=O)COC(=O)c2cccc([N+](=O)[O-])c2C)cc1Cl. The van der Waals surface area contributed by atoms with Crippen molar-refractivity contribution in [3.8, 4) is 0 Å². The Morgan fingerprint density at radius 1 is 1.24 bits per heavy atom. The number of esters is 1. The molecule has 7 nitrogen and oxygen atoms in total. The number of carbonyl (C=O) groups excluding carboxylic acids is 2. The number of anilines is 1. The van der Waals surface area contributed by atoms with Crippen LogP contribution in [-0.4, -0.2) is 23.4 Å². The van der Waals surface area contributed by atoms with Crippen LogP contribution < -0.4 is 5.32 Å². The van der Waals surface area contributed by atoms with Crippen molar-refractivity contribution in [3.05, 3.63) is 68.2 Å². The van der Waals surface area contributed by atoms with Gasteiger partial charge in [0.05, 0.1) is 10.5 Å². The van der Waals surface area contributed by atoms with E-state index in [-0.39, 0.29) is 16.8 Å². The van der Waals surface area contributed by atoms with Gasteiger partial charge < -0.3 is 10.1 Å². The summed E-state index contributed by atoms with van der Waals surface area (Å²) in [5.74, 6) is -1.35. The second-order valence-corrected chi connectivity index (χ2v) is 5.70. The summed E-state index contributed by atoms with van der Waals surface area (Å²) in [6.45, 7) is 2.76. The molecule has 0 atom stereocenters. The number of rotatable bonds is 5. The topological polar surface area (TPSA) is 98.5 Å². The zero-order valence-electron chi connectivity index (χ0n) is 13.5. The van der Waals surface area contributed by atoms with Gasteiger partial charge in [-0.05, 0) is 37.6 Å². The van der Waals surface area contributed by atoms with Gasteiger partial charge in [-0.2, -0.15) is 0 Å². The molecule has 0 bridgehead atoms. The van der Waals surface area contributed by atoms with Gasteiger partial charge in [0.1, 0.15) is 0 Å². The third-order valence-electron chi connectivity index (χ3n) is 3.51. The molecule has 0 fully saturated rings. The van der Waals surface area contributed by atoms with E-state index in [1.807, 2.05) is 6.92 Å². The number of carbonyl (C=O) groups is 2. The van der Waals surface area contributed by atoms with Crippen LogP contribution in [0.4, 0.5) is 11.4 Å². The smallest absolute Gasteiger partial charge is 0.339 e. The van der Waals surface area contributed by atoms with E-state index in [1.165, 1.54) is 25.1 Å². The van der Waals surface area contributed by atoms with E-state index in [9.17, 15) is 19.7 Å². The number of hydrogen-bond acceptors (Lipinski definition) is 5. The summed E-state index contributed by atoms with van der Waals surface area (Å²) in [6, 6.07) is 9.09. The summed E-state index contributed by atoms with van der Waals surface area (Å²) in [7, 11) is 0. The maximum atomic E-state index is 12.1. The minimum Gasteiger partial charge on any atom is -0.452 e. The van der Waals surface area contributed by atoms with Gasteiger partial charge in [0, 0.05) is 22.3 Å². The van der Waals surface area contributed by atoms with Gasteiger partial charge in [-0.25, -0.2) is 4.79 Å². The zero-order chi connectivity index (χ0) is 18.6. The highest BCUT2D eigenvalue weighted by molar-refractivity contribution is 6.31. The predicted molar refractivity (Wildman–Crippen MR) is 92.9 cm³/mol. The molecule has 25 heavy (non-hydrogen) atoms. The molecular weight excluding hydrogens is 348 g/mol. The van der Waals surface area contributed by atoms with E-state index in [0.29, 0.717) is 10.7 Å². The minimum atomic E-state index is -0.807. The lowest BCUT2D eigenvalue weighted by atomic mass is 10.1. The Labute approximate surface area is 148 Å². The minimum absolute atomic E-state index is 0.0420. The summed E-state index contributed by atoms with van der Waals surface area (Å²) in [6.07, 6.45) is 0. The monoisotopic (exact) mass is 362 g/mol. The first-order valence-electron chi connectivity index (χ1n) is 7.26. The first kappa shape index (κ1) is 18.4. The van der Waals surface area contributed by atoms with Crippen LogP contribution >= 0.6 is 11.6 Å². The van der Waals surface area contributed by atoms with Gasteiger partial charge in [0.2, 0.25) is 0 Å². The Bertz CT molecular complexity index is 851. The molecule has 0 heterocycles. The molecule has 0 unspecified atom stereocenters. The number of ether oxygens (including phenoxy) is 1. The molecule has 0 saturated carbocycles. The van der Waals surface area contributed by atoms with Crippen molar-refractivity contribution >= 4 is 34.9 Å². The molecule has 0 radical (unpaired) electrons. The van der Waals surface area contributed by atoms with E-state index in [4.69, 9.17) is 16.3 Å². The van der Waals surface area contributed by atoms with E-state index < -0.39 is 23.4 Å². The number of benzene rings is 2. The number of amides is 1. The second kappa shape index (κ2) is 7.76. The van der Waals surface area contributed by atoms with Crippen molar-refractivity contribution in [2.24, 2.45) is 0 Å². The Morgan fingerprint density at radius 3 is 2.60 bits per heavy atom. The third kappa shape index (κ3) is 4.54. The average molecular weight is 363 g/mol. The maximum Gasteiger partial charge on any atom is 0.339 e. The molecular formula is C17H15ClN2O5. The Hall–Kier alpha value is -2.93. The third-order valence-corrected chi connectivity index (χ3v) is 3.92. The van der Waals surface area contributed by atoms with Crippen LogP contribution in [0.3, 0.4) is 0 Å². The van der Waals surface area contributed by atoms with E-state index in [1.54, 1.807) is 18.2 Å². The second-order valence-electron chi connectivity index (χ2n) is 5.30. The number of aryl methyl sites for hydroxylation is 1. The standard InChI is InChI=1S/C17H15ClN2O5/c1-10-6-7-12(8-14(10)18)19-16(21)9-25-17(22)13-4-3-5-15(11(13)2)20(23)24/h3-8H,9H2,1-2H3,(H,19,21). The zero-order valence-corrected chi connectivity index (χ0v) is 14.3.